The van der Waals surface area contributed by atoms with E-state index in [4.69, 9.17) is 5.73 Å². The third-order valence-corrected chi connectivity index (χ3v) is 3.51. The summed E-state index contributed by atoms with van der Waals surface area (Å²) in [4.78, 5) is 24.1. The van der Waals surface area contributed by atoms with Gasteiger partial charge in [0.25, 0.3) is 0 Å². The minimum atomic E-state index is -0.357. The zero-order chi connectivity index (χ0) is 16.4. The monoisotopic (exact) mass is 309 g/mol. The van der Waals surface area contributed by atoms with Crippen molar-refractivity contribution < 1.29 is 4.79 Å². The lowest BCUT2D eigenvalue weighted by molar-refractivity contribution is -0.116. The van der Waals surface area contributed by atoms with Gasteiger partial charge in [0.05, 0.1) is 12.1 Å². The molecule has 0 bridgehead atoms. The molecular weight excluding hydrogens is 290 g/mol. The predicted molar refractivity (Wildman–Crippen MR) is 92.4 cm³/mol. The Balaban J connectivity index is 2.05. The highest BCUT2D eigenvalue weighted by Crippen LogP contribution is 2.27. The molecule has 6 heteroatoms. The van der Waals surface area contributed by atoms with Crippen molar-refractivity contribution in [3.63, 3.8) is 0 Å². The Morgan fingerprint density at radius 3 is 2.96 bits per heavy atom. The van der Waals surface area contributed by atoms with Gasteiger partial charge in [-0.15, -0.1) is 0 Å². The van der Waals surface area contributed by atoms with Gasteiger partial charge in [0, 0.05) is 41.5 Å². The first-order valence-electron chi connectivity index (χ1n) is 7.46. The molecule has 1 amide bonds. The topological polar surface area (TPSA) is 93.3 Å². The molecule has 0 radical (unpaired) electrons. The SMILES string of the molecule is CC(C)(N)CNc1nc(C2=CC=NC(=O)C2)cc2cnccc12. The number of pyridine rings is 2. The minimum absolute atomic E-state index is 0.159. The van der Waals surface area contributed by atoms with Crippen LogP contribution in [0.25, 0.3) is 16.3 Å². The standard InChI is InChI=1S/C17H19N5O/c1-17(2,18)10-21-16-13-4-5-19-9-12(13)7-14(22-16)11-3-6-20-15(23)8-11/h3-7,9H,8,10,18H2,1-2H3,(H,21,22). The van der Waals surface area contributed by atoms with Gasteiger partial charge in [-0.25, -0.2) is 9.98 Å². The maximum absolute atomic E-state index is 11.5. The Morgan fingerprint density at radius 1 is 1.39 bits per heavy atom. The summed E-state index contributed by atoms with van der Waals surface area (Å²) < 4.78 is 0. The Morgan fingerprint density at radius 2 is 2.22 bits per heavy atom. The number of fused-ring (bicyclic) bond motifs is 1. The Kier molecular flexibility index (Phi) is 3.92. The van der Waals surface area contributed by atoms with Crippen LogP contribution in [0, 0.1) is 0 Å². The van der Waals surface area contributed by atoms with Crippen LogP contribution >= 0.6 is 0 Å². The second-order valence-corrected chi connectivity index (χ2v) is 6.34. The molecule has 3 heterocycles. The van der Waals surface area contributed by atoms with Gasteiger partial charge in [-0.2, -0.15) is 0 Å². The zero-order valence-corrected chi connectivity index (χ0v) is 13.2. The number of aliphatic imine (C=N–C) groups is 1. The highest BCUT2D eigenvalue weighted by Gasteiger charge is 2.16. The summed E-state index contributed by atoms with van der Waals surface area (Å²) in [6, 6.07) is 3.86. The minimum Gasteiger partial charge on any atom is -0.368 e. The summed E-state index contributed by atoms with van der Waals surface area (Å²) >= 11 is 0. The van der Waals surface area contributed by atoms with Gasteiger partial charge in [-0.05, 0) is 37.6 Å². The molecule has 1 aliphatic rings. The highest BCUT2D eigenvalue weighted by atomic mass is 16.1. The van der Waals surface area contributed by atoms with Gasteiger partial charge >= 0.3 is 0 Å². The van der Waals surface area contributed by atoms with Gasteiger partial charge < -0.3 is 11.1 Å². The number of nitrogens with zero attached hydrogens (tertiary/aromatic N) is 3. The number of hydrogen-bond donors (Lipinski definition) is 2. The van der Waals surface area contributed by atoms with Crippen molar-refractivity contribution in [1.82, 2.24) is 9.97 Å². The number of anilines is 1. The van der Waals surface area contributed by atoms with E-state index in [2.05, 4.69) is 20.3 Å². The fraction of sp³-hybridized carbons (Fsp3) is 0.294. The molecule has 6 nitrogen and oxygen atoms in total. The zero-order valence-electron chi connectivity index (χ0n) is 13.2. The maximum atomic E-state index is 11.5. The molecule has 0 aliphatic carbocycles. The van der Waals surface area contributed by atoms with E-state index in [1.54, 1.807) is 12.4 Å². The number of aromatic nitrogens is 2. The van der Waals surface area contributed by atoms with E-state index in [-0.39, 0.29) is 17.9 Å². The van der Waals surface area contributed by atoms with E-state index in [1.807, 2.05) is 32.1 Å². The number of carbonyl (C=O) groups excluding carboxylic acids is 1. The molecule has 0 atom stereocenters. The molecule has 3 rings (SSSR count). The van der Waals surface area contributed by atoms with Crippen LogP contribution in [0.4, 0.5) is 5.82 Å². The molecule has 2 aromatic heterocycles. The largest absolute Gasteiger partial charge is 0.368 e. The summed E-state index contributed by atoms with van der Waals surface area (Å²) in [6.45, 7) is 4.49. The van der Waals surface area contributed by atoms with E-state index in [1.165, 1.54) is 6.21 Å². The first-order chi connectivity index (χ1) is 10.9. The molecule has 118 valence electrons. The van der Waals surface area contributed by atoms with Crippen LogP contribution < -0.4 is 11.1 Å². The van der Waals surface area contributed by atoms with Crippen LogP contribution in [0.2, 0.25) is 0 Å². The van der Waals surface area contributed by atoms with Gasteiger partial charge in [-0.3, -0.25) is 9.78 Å². The lowest BCUT2D eigenvalue weighted by Gasteiger charge is -2.20. The van der Waals surface area contributed by atoms with Crippen molar-refractivity contribution in [3.05, 3.63) is 36.3 Å². The van der Waals surface area contributed by atoms with Gasteiger partial charge in [0.1, 0.15) is 5.82 Å². The summed E-state index contributed by atoms with van der Waals surface area (Å²) in [6.07, 6.45) is 7.13. The lowest BCUT2D eigenvalue weighted by Crippen LogP contribution is -2.39. The average molecular weight is 309 g/mol. The van der Waals surface area contributed by atoms with Crippen LogP contribution in [0.3, 0.4) is 0 Å². The van der Waals surface area contributed by atoms with Gasteiger partial charge in [0.2, 0.25) is 5.91 Å². The van der Waals surface area contributed by atoms with E-state index in [0.29, 0.717) is 6.54 Å². The second-order valence-electron chi connectivity index (χ2n) is 6.34. The van der Waals surface area contributed by atoms with Gasteiger partial charge in [0.15, 0.2) is 0 Å². The summed E-state index contributed by atoms with van der Waals surface area (Å²) in [5, 5.41) is 5.25. The maximum Gasteiger partial charge on any atom is 0.250 e. The second kappa shape index (κ2) is 5.89. The van der Waals surface area contributed by atoms with E-state index in [0.717, 1.165) is 27.9 Å². The summed E-state index contributed by atoms with van der Waals surface area (Å²) in [5.41, 5.74) is 7.30. The molecule has 0 aromatic carbocycles. The van der Waals surface area contributed by atoms with Crippen LogP contribution in [0.15, 0.2) is 35.6 Å². The fourth-order valence-electron chi connectivity index (χ4n) is 2.36. The van der Waals surface area contributed by atoms with Crippen LogP contribution in [0.5, 0.6) is 0 Å². The third kappa shape index (κ3) is 3.60. The average Bonchev–Trinajstić information content (AvgIpc) is 2.51. The summed E-state index contributed by atoms with van der Waals surface area (Å²) in [7, 11) is 0. The number of nitrogens with two attached hydrogens (primary N) is 1. The Bertz CT molecular complexity index is 817. The fourth-order valence-corrected chi connectivity index (χ4v) is 2.36. The smallest absolute Gasteiger partial charge is 0.250 e. The van der Waals surface area contributed by atoms with Crippen molar-refractivity contribution in [2.75, 3.05) is 11.9 Å². The van der Waals surface area contributed by atoms with Crippen molar-refractivity contribution in [3.8, 4) is 0 Å². The molecular formula is C17H19N5O. The first-order valence-corrected chi connectivity index (χ1v) is 7.46. The normalized spacial score (nSPS) is 14.9. The number of rotatable bonds is 4. The van der Waals surface area contributed by atoms with Crippen LogP contribution in [-0.4, -0.2) is 34.2 Å². The number of allylic oxidation sites excluding steroid dienone is 1. The van der Waals surface area contributed by atoms with Crippen molar-refractivity contribution in [2.24, 2.45) is 10.7 Å². The van der Waals surface area contributed by atoms with Crippen molar-refractivity contribution in [2.45, 2.75) is 25.8 Å². The highest BCUT2D eigenvalue weighted by molar-refractivity contribution is 6.04. The predicted octanol–water partition coefficient (Wildman–Crippen LogP) is 2.16. The van der Waals surface area contributed by atoms with Crippen LogP contribution in [-0.2, 0) is 4.79 Å². The number of hydrogen-bond acceptors (Lipinski definition) is 5. The lowest BCUT2D eigenvalue weighted by atomic mass is 10.0. The molecule has 1 aliphatic heterocycles. The quantitative estimate of drug-likeness (QED) is 0.902. The van der Waals surface area contributed by atoms with E-state index in [9.17, 15) is 4.79 Å². The molecule has 0 fully saturated rings. The molecule has 0 saturated heterocycles. The van der Waals surface area contributed by atoms with Gasteiger partial charge in [-0.1, -0.05) is 0 Å². The molecule has 23 heavy (non-hydrogen) atoms. The number of dihydropyridines is 1. The molecule has 3 N–H and O–H groups in total. The first kappa shape index (κ1) is 15.3. The Hall–Kier alpha value is -2.60. The van der Waals surface area contributed by atoms with E-state index >= 15 is 0 Å². The third-order valence-electron chi connectivity index (χ3n) is 3.51. The van der Waals surface area contributed by atoms with Crippen molar-refractivity contribution >= 4 is 34.3 Å². The van der Waals surface area contributed by atoms with E-state index < -0.39 is 0 Å². The molecule has 2 aromatic rings. The number of amides is 1. The molecule has 0 unspecified atom stereocenters. The van der Waals surface area contributed by atoms with Crippen molar-refractivity contribution in [1.29, 1.82) is 0 Å². The Labute approximate surface area is 134 Å². The summed E-state index contributed by atoms with van der Waals surface area (Å²) in [5.74, 6) is 0.586. The molecule has 0 saturated carbocycles. The number of carbonyl (C=O) groups is 1. The molecule has 0 spiro atoms. The number of nitrogens with one attached hydrogen (secondary N) is 1. The van der Waals surface area contributed by atoms with Crippen LogP contribution in [0.1, 0.15) is 26.0 Å².